The molecular formula is C18H34N4. The van der Waals surface area contributed by atoms with E-state index in [0.29, 0.717) is 5.41 Å². The smallest absolute Gasteiger partial charge is 0.0954 e. The molecule has 126 valence electrons. The molecule has 1 aromatic heterocycles. The summed E-state index contributed by atoms with van der Waals surface area (Å²) in [6.07, 6.45) is 5.23. The molecule has 0 unspecified atom stereocenters. The van der Waals surface area contributed by atoms with Crippen LogP contribution in [0.2, 0.25) is 0 Å². The molecule has 0 bridgehead atoms. The Morgan fingerprint density at radius 1 is 0.955 bits per heavy atom. The fourth-order valence-electron chi connectivity index (χ4n) is 2.97. The zero-order valence-electron chi connectivity index (χ0n) is 15.4. The van der Waals surface area contributed by atoms with E-state index in [-0.39, 0.29) is 5.54 Å². The van der Waals surface area contributed by atoms with Crippen LogP contribution in [0, 0.1) is 5.41 Å². The second kappa shape index (κ2) is 6.71. The second-order valence-corrected chi connectivity index (χ2v) is 8.87. The molecule has 0 saturated carbocycles. The lowest BCUT2D eigenvalue weighted by atomic mass is 9.96. The molecule has 1 fully saturated rings. The Balaban J connectivity index is 1.74. The molecule has 1 aliphatic heterocycles. The van der Waals surface area contributed by atoms with Crippen LogP contribution in [0.3, 0.4) is 0 Å². The molecule has 0 atom stereocenters. The van der Waals surface area contributed by atoms with E-state index in [1.54, 1.807) is 0 Å². The predicted octanol–water partition coefficient (Wildman–Crippen LogP) is 2.84. The van der Waals surface area contributed by atoms with Gasteiger partial charge in [-0.05, 0) is 26.2 Å². The molecule has 0 aliphatic carbocycles. The molecule has 1 saturated heterocycles. The van der Waals surface area contributed by atoms with Gasteiger partial charge in [-0.1, -0.05) is 20.8 Å². The largest absolute Gasteiger partial charge is 0.332 e. The summed E-state index contributed by atoms with van der Waals surface area (Å²) in [6.45, 7) is 20.7. The van der Waals surface area contributed by atoms with Crippen LogP contribution >= 0.6 is 0 Å². The first-order valence-corrected chi connectivity index (χ1v) is 8.61. The molecule has 1 aliphatic rings. The van der Waals surface area contributed by atoms with E-state index in [9.17, 15) is 0 Å². The molecule has 4 nitrogen and oxygen atoms in total. The van der Waals surface area contributed by atoms with E-state index < -0.39 is 0 Å². The minimum absolute atomic E-state index is 0.129. The first kappa shape index (κ1) is 17.5. The van der Waals surface area contributed by atoms with Crippen molar-refractivity contribution in [2.24, 2.45) is 5.41 Å². The Kier molecular flexibility index (Phi) is 5.33. The third-order valence-electron chi connectivity index (χ3n) is 4.26. The molecule has 0 N–H and O–H groups in total. The van der Waals surface area contributed by atoms with Crippen LogP contribution in [0.1, 0.15) is 47.2 Å². The number of piperazine rings is 1. The molecule has 0 spiro atoms. The highest BCUT2D eigenvalue weighted by Gasteiger charge is 2.21. The highest BCUT2D eigenvalue weighted by Crippen LogP contribution is 2.17. The van der Waals surface area contributed by atoms with E-state index in [4.69, 9.17) is 0 Å². The zero-order chi connectivity index (χ0) is 16.4. The molecule has 2 heterocycles. The Hall–Kier alpha value is -0.870. The third kappa shape index (κ3) is 5.40. The van der Waals surface area contributed by atoms with Crippen LogP contribution in [0.4, 0.5) is 0 Å². The molecular weight excluding hydrogens is 272 g/mol. The van der Waals surface area contributed by atoms with Crippen molar-refractivity contribution in [2.45, 2.75) is 53.5 Å². The second-order valence-electron chi connectivity index (χ2n) is 8.87. The first-order chi connectivity index (χ1) is 10.1. The standard InChI is InChI=1S/C18H34N4/c1-17(2,3)14-21-11-9-20(10-12-21)8-7-16-13-22(15-19-16)18(4,5)6/h13,15H,7-12,14H2,1-6H3. The van der Waals surface area contributed by atoms with Gasteiger partial charge >= 0.3 is 0 Å². The highest BCUT2D eigenvalue weighted by atomic mass is 15.3. The average Bonchev–Trinajstić information content (AvgIpc) is 2.85. The van der Waals surface area contributed by atoms with Crippen LogP contribution in [-0.4, -0.2) is 58.6 Å². The Labute approximate surface area is 136 Å². The predicted molar refractivity (Wildman–Crippen MR) is 93.3 cm³/mol. The van der Waals surface area contributed by atoms with Gasteiger partial charge in [-0.15, -0.1) is 0 Å². The minimum atomic E-state index is 0.129. The van der Waals surface area contributed by atoms with Gasteiger partial charge < -0.3 is 14.4 Å². The maximum atomic E-state index is 4.56. The van der Waals surface area contributed by atoms with Crippen molar-refractivity contribution in [3.8, 4) is 0 Å². The van der Waals surface area contributed by atoms with Gasteiger partial charge in [-0.2, -0.15) is 0 Å². The van der Waals surface area contributed by atoms with Crippen molar-refractivity contribution in [3.63, 3.8) is 0 Å². The molecule has 1 aromatic rings. The molecule has 0 amide bonds. The van der Waals surface area contributed by atoms with Crippen LogP contribution in [0.5, 0.6) is 0 Å². The van der Waals surface area contributed by atoms with Crippen molar-refractivity contribution in [1.29, 1.82) is 0 Å². The summed E-state index contributed by atoms with van der Waals surface area (Å²) in [5.74, 6) is 0. The zero-order valence-corrected chi connectivity index (χ0v) is 15.4. The number of hydrogen-bond acceptors (Lipinski definition) is 3. The Morgan fingerprint density at radius 2 is 1.55 bits per heavy atom. The Bertz CT molecular complexity index is 456. The summed E-state index contributed by atoms with van der Waals surface area (Å²) < 4.78 is 2.21. The number of hydrogen-bond donors (Lipinski definition) is 0. The SMILES string of the molecule is CC(C)(C)CN1CCN(CCc2cn(C(C)(C)C)cn2)CC1. The van der Waals surface area contributed by atoms with E-state index in [0.717, 1.165) is 13.0 Å². The van der Waals surface area contributed by atoms with Gasteiger partial charge in [0, 0.05) is 57.4 Å². The Morgan fingerprint density at radius 3 is 2.05 bits per heavy atom. The molecule has 0 radical (unpaired) electrons. The van der Waals surface area contributed by atoms with Gasteiger partial charge in [0.25, 0.3) is 0 Å². The van der Waals surface area contributed by atoms with Gasteiger partial charge in [0.2, 0.25) is 0 Å². The lowest BCUT2D eigenvalue weighted by Gasteiger charge is -2.37. The summed E-state index contributed by atoms with van der Waals surface area (Å²) in [5, 5.41) is 0. The van der Waals surface area contributed by atoms with Crippen molar-refractivity contribution in [1.82, 2.24) is 19.4 Å². The van der Waals surface area contributed by atoms with Gasteiger partial charge in [-0.3, -0.25) is 0 Å². The fourth-order valence-corrected chi connectivity index (χ4v) is 2.97. The summed E-state index contributed by atoms with van der Waals surface area (Å²) in [5.41, 5.74) is 1.75. The number of rotatable bonds is 4. The first-order valence-electron chi connectivity index (χ1n) is 8.61. The van der Waals surface area contributed by atoms with Crippen molar-refractivity contribution >= 4 is 0 Å². The maximum Gasteiger partial charge on any atom is 0.0954 e. The number of aromatic nitrogens is 2. The minimum Gasteiger partial charge on any atom is -0.332 e. The third-order valence-corrected chi connectivity index (χ3v) is 4.26. The summed E-state index contributed by atoms with van der Waals surface area (Å²) >= 11 is 0. The van der Waals surface area contributed by atoms with Crippen LogP contribution in [-0.2, 0) is 12.0 Å². The maximum absolute atomic E-state index is 4.56. The van der Waals surface area contributed by atoms with Crippen molar-refractivity contribution in [3.05, 3.63) is 18.2 Å². The van der Waals surface area contributed by atoms with Gasteiger partial charge in [0.05, 0.1) is 12.0 Å². The molecule has 0 aromatic carbocycles. The highest BCUT2D eigenvalue weighted by molar-refractivity contribution is 5.00. The topological polar surface area (TPSA) is 24.3 Å². The van der Waals surface area contributed by atoms with Crippen LogP contribution in [0.25, 0.3) is 0 Å². The summed E-state index contributed by atoms with van der Waals surface area (Å²) in [7, 11) is 0. The van der Waals surface area contributed by atoms with Crippen LogP contribution in [0.15, 0.2) is 12.5 Å². The monoisotopic (exact) mass is 306 g/mol. The summed E-state index contributed by atoms with van der Waals surface area (Å²) in [4.78, 5) is 9.74. The van der Waals surface area contributed by atoms with Crippen LogP contribution < -0.4 is 0 Å². The van der Waals surface area contributed by atoms with Crippen molar-refractivity contribution < 1.29 is 0 Å². The lowest BCUT2D eigenvalue weighted by molar-refractivity contribution is 0.103. The molecule has 22 heavy (non-hydrogen) atoms. The molecule has 2 rings (SSSR count). The van der Waals surface area contributed by atoms with E-state index >= 15 is 0 Å². The van der Waals surface area contributed by atoms with Gasteiger partial charge in [0.1, 0.15) is 0 Å². The quantitative estimate of drug-likeness (QED) is 0.855. The average molecular weight is 306 g/mol. The lowest BCUT2D eigenvalue weighted by Crippen LogP contribution is -2.49. The fraction of sp³-hybridized carbons (Fsp3) is 0.833. The van der Waals surface area contributed by atoms with Crippen molar-refractivity contribution in [2.75, 3.05) is 39.3 Å². The van der Waals surface area contributed by atoms with Gasteiger partial charge in [0.15, 0.2) is 0 Å². The van der Waals surface area contributed by atoms with E-state index in [1.807, 2.05) is 6.33 Å². The van der Waals surface area contributed by atoms with Gasteiger partial charge in [-0.25, -0.2) is 4.98 Å². The van der Waals surface area contributed by atoms with E-state index in [2.05, 4.69) is 67.1 Å². The normalized spacial score (nSPS) is 18.8. The molecule has 4 heteroatoms. The number of nitrogens with zero attached hydrogens (tertiary/aromatic N) is 4. The van der Waals surface area contributed by atoms with E-state index in [1.165, 1.54) is 38.4 Å². The summed E-state index contributed by atoms with van der Waals surface area (Å²) in [6, 6.07) is 0. The number of imidazole rings is 1.